The van der Waals surface area contributed by atoms with Crippen molar-refractivity contribution in [3.05, 3.63) is 119 Å². The molecule has 0 aliphatic carbocycles. The first-order chi connectivity index (χ1) is 16.0. The summed E-state index contributed by atoms with van der Waals surface area (Å²) in [4.78, 5) is 6.85. The summed E-state index contributed by atoms with van der Waals surface area (Å²) < 4.78 is 16.7. The number of benzene rings is 2. The first-order valence-electron chi connectivity index (χ1n) is 11.0. The topological polar surface area (TPSA) is 33.1 Å². The molecule has 2 aromatic carbocycles. The van der Waals surface area contributed by atoms with E-state index in [1.807, 2.05) is 66.9 Å². The van der Waals surface area contributed by atoms with Crippen LogP contribution in [0.4, 0.5) is 4.39 Å². The summed E-state index contributed by atoms with van der Waals surface area (Å²) in [6.07, 6.45) is 1.81. The van der Waals surface area contributed by atoms with Gasteiger partial charge in [-0.2, -0.15) is 0 Å². The Morgan fingerprint density at radius 1 is 0.970 bits per heavy atom. The third-order valence-electron chi connectivity index (χ3n) is 6.28. The van der Waals surface area contributed by atoms with Gasteiger partial charge in [0.05, 0.1) is 23.5 Å². The standard InChI is InChI=1S/C27H25FN4S/c1-18-16-21(19(2)32(18)24-14-7-6-12-22(24)28)26-25(23-13-8-9-15-29-23)30-27(33)31(26)17-20-10-4-3-5-11-20/h3-16,25-26H,17H2,1-2H3,(H,30,33)/t25-,26+/m0/s1. The zero-order valence-corrected chi connectivity index (χ0v) is 19.4. The van der Waals surface area contributed by atoms with Crippen LogP contribution >= 0.6 is 12.2 Å². The van der Waals surface area contributed by atoms with Gasteiger partial charge in [-0.25, -0.2) is 4.39 Å². The van der Waals surface area contributed by atoms with Gasteiger partial charge in [-0.05, 0) is 67.5 Å². The second kappa shape index (κ2) is 8.79. The molecule has 4 nitrogen and oxygen atoms in total. The quantitative estimate of drug-likeness (QED) is 0.385. The van der Waals surface area contributed by atoms with Crippen LogP contribution in [0.2, 0.25) is 0 Å². The Morgan fingerprint density at radius 2 is 1.70 bits per heavy atom. The molecule has 0 radical (unpaired) electrons. The Morgan fingerprint density at radius 3 is 2.42 bits per heavy atom. The van der Waals surface area contributed by atoms with Crippen LogP contribution in [0.25, 0.3) is 5.69 Å². The molecule has 0 amide bonds. The predicted molar refractivity (Wildman–Crippen MR) is 133 cm³/mol. The Balaban J connectivity index is 1.63. The van der Waals surface area contributed by atoms with E-state index in [0.717, 1.165) is 22.6 Å². The molecule has 4 aromatic rings. The maximum Gasteiger partial charge on any atom is 0.170 e. The summed E-state index contributed by atoms with van der Waals surface area (Å²) in [6.45, 7) is 4.73. The summed E-state index contributed by atoms with van der Waals surface area (Å²) in [7, 11) is 0. The number of nitrogens with zero attached hydrogens (tertiary/aromatic N) is 3. The van der Waals surface area contributed by atoms with E-state index in [4.69, 9.17) is 12.2 Å². The molecule has 2 aromatic heterocycles. The molecule has 33 heavy (non-hydrogen) atoms. The van der Waals surface area contributed by atoms with Gasteiger partial charge in [0.15, 0.2) is 5.11 Å². The zero-order valence-electron chi connectivity index (χ0n) is 18.6. The van der Waals surface area contributed by atoms with E-state index in [9.17, 15) is 4.39 Å². The molecular formula is C27H25FN4S. The van der Waals surface area contributed by atoms with Crippen molar-refractivity contribution in [2.45, 2.75) is 32.5 Å². The average molecular weight is 457 g/mol. The number of hydrogen-bond donors (Lipinski definition) is 1. The molecule has 1 fully saturated rings. The molecule has 1 aliphatic rings. The van der Waals surface area contributed by atoms with Crippen molar-refractivity contribution < 1.29 is 4.39 Å². The number of para-hydroxylation sites is 1. The zero-order chi connectivity index (χ0) is 22.9. The molecule has 3 heterocycles. The smallest absolute Gasteiger partial charge is 0.170 e. The van der Waals surface area contributed by atoms with Crippen LogP contribution in [0.5, 0.6) is 0 Å². The van der Waals surface area contributed by atoms with Crippen molar-refractivity contribution in [3.8, 4) is 5.69 Å². The van der Waals surface area contributed by atoms with Gasteiger partial charge in [-0.1, -0.05) is 48.5 Å². The van der Waals surface area contributed by atoms with Crippen LogP contribution < -0.4 is 5.32 Å². The van der Waals surface area contributed by atoms with Crippen molar-refractivity contribution in [1.29, 1.82) is 0 Å². The lowest BCUT2D eigenvalue weighted by molar-refractivity contribution is 0.310. The van der Waals surface area contributed by atoms with Gasteiger partial charge < -0.3 is 14.8 Å². The number of aromatic nitrogens is 2. The Bertz CT molecular complexity index is 1290. The Labute approximate surface area is 198 Å². The maximum atomic E-state index is 14.7. The van der Waals surface area contributed by atoms with Crippen molar-refractivity contribution in [2.75, 3.05) is 0 Å². The number of hydrogen-bond acceptors (Lipinski definition) is 2. The predicted octanol–water partition coefficient (Wildman–Crippen LogP) is 5.80. The fraction of sp³-hybridized carbons (Fsp3) is 0.185. The third-order valence-corrected chi connectivity index (χ3v) is 6.63. The monoisotopic (exact) mass is 456 g/mol. The summed E-state index contributed by atoms with van der Waals surface area (Å²) in [5, 5.41) is 4.20. The average Bonchev–Trinajstić information content (AvgIpc) is 3.30. The molecule has 0 spiro atoms. The lowest BCUT2D eigenvalue weighted by Crippen LogP contribution is -2.29. The highest BCUT2D eigenvalue weighted by atomic mass is 32.1. The first kappa shape index (κ1) is 21.3. The van der Waals surface area contributed by atoms with Gasteiger partial charge in [-0.15, -0.1) is 0 Å². The molecule has 1 N–H and O–H groups in total. The molecule has 1 aliphatic heterocycles. The SMILES string of the molecule is Cc1cc([C@@H]2[C@H](c3ccccn3)NC(=S)N2Cc2ccccc2)c(C)n1-c1ccccc1F. The minimum atomic E-state index is -0.242. The fourth-order valence-electron chi connectivity index (χ4n) is 4.79. The molecule has 0 saturated carbocycles. The van der Waals surface area contributed by atoms with Crippen LogP contribution in [-0.4, -0.2) is 19.6 Å². The van der Waals surface area contributed by atoms with Gasteiger partial charge in [0.25, 0.3) is 0 Å². The Kier molecular flexibility index (Phi) is 5.68. The highest BCUT2D eigenvalue weighted by Gasteiger charge is 2.41. The summed E-state index contributed by atoms with van der Waals surface area (Å²) in [6, 6.07) is 25.1. The normalized spacial score (nSPS) is 17.9. The van der Waals surface area contributed by atoms with Crippen LogP contribution in [0.1, 0.15) is 40.3 Å². The second-order valence-corrected chi connectivity index (χ2v) is 8.74. The van der Waals surface area contributed by atoms with E-state index in [1.165, 1.54) is 11.6 Å². The van der Waals surface area contributed by atoms with E-state index in [2.05, 4.69) is 33.4 Å². The molecule has 0 bridgehead atoms. The summed E-state index contributed by atoms with van der Waals surface area (Å²) >= 11 is 5.81. The molecule has 166 valence electrons. The van der Waals surface area contributed by atoms with Crippen LogP contribution in [-0.2, 0) is 6.54 Å². The minimum Gasteiger partial charge on any atom is -0.352 e. The van der Waals surface area contributed by atoms with E-state index in [0.29, 0.717) is 17.3 Å². The molecule has 2 atom stereocenters. The summed E-state index contributed by atoms with van der Waals surface area (Å²) in [5.41, 5.74) is 5.73. The van der Waals surface area contributed by atoms with Crippen LogP contribution in [0, 0.1) is 19.7 Å². The number of nitrogens with one attached hydrogen (secondary N) is 1. The number of aryl methyl sites for hydroxylation is 1. The number of rotatable bonds is 5. The lowest BCUT2D eigenvalue weighted by Gasteiger charge is -2.28. The van der Waals surface area contributed by atoms with E-state index in [-0.39, 0.29) is 17.9 Å². The van der Waals surface area contributed by atoms with Crippen molar-refractivity contribution in [2.24, 2.45) is 0 Å². The Hall–Kier alpha value is -3.51. The van der Waals surface area contributed by atoms with Crippen molar-refractivity contribution in [1.82, 2.24) is 19.8 Å². The maximum absolute atomic E-state index is 14.7. The number of thiocarbonyl (C=S) groups is 1. The van der Waals surface area contributed by atoms with Crippen molar-refractivity contribution >= 4 is 17.3 Å². The molecule has 0 unspecified atom stereocenters. The van der Waals surface area contributed by atoms with Gasteiger partial charge in [-0.3, -0.25) is 4.98 Å². The largest absolute Gasteiger partial charge is 0.352 e. The minimum absolute atomic E-state index is 0.0840. The molecule has 6 heteroatoms. The van der Waals surface area contributed by atoms with Crippen LogP contribution in [0.3, 0.4) is 0 Å². The lowest BCUT2D eigenvalue weighted by atomic mass is 9.96. The van der Waals surface area contributed by atoms with E-state index in [1.54, 1.807) is 12.3 Å². The molecule has 1 saturated heterocycles. The molecule has 5 rings (SSSR count). The van der Waals surface area contributed by atoms with E-state index < -0.39 is 0 Å². The van der Waals surface area contributed by atoms with Crippen LogP contribution in [0.15, 0.2) is 85.1 Å². The van der Waals surface area contributed by atoms with E-state index >= 15 is 0 Å². The van der Waals surface area contributed by atoms with Gasteiger partial charge in [0.2, 0.25) is 0 Å². The van der Waals surface area contributed by atoms with Gasteiger partial charge in [0, 0.05) is 24.1 Å². The first-order valence-corrected chi connectivity index (χ1v) is 11.4. The number of halogens is 1. The highest BCUT2D eigenvalue weighted by Crippen LogP contribution is 2.42. The highest BCUT2D eigenvalue weighted by molar-refractivity contribution is 7.80. The third kappa shape index (κ3) is 3.91. The summed E-state index contributed by atoms with van der Waals surface area (Å²) in [5.74, 6) is -0.242. The number of pyridine rings is 1. The second-order valence-electron chi connectivity index (χ2n) is 8.35. The van der Waals surface area contributed by atoms with Gasteiger partial charge >= 0.3 is 0 Å². The fourth-order valence-corrected chi connectivity index (χ4v) is 5.09. The van der Waals surface area contributed by atoms with Gasteiger partial charge in [0.1, 0.15) is 5.82 Å². The molecular weight excluding hydrogens is 431 g/mol. The van der Waals surface area contributed by atoms with Crippen molar-refractivity contribution in [3.63, 3.8) is 0 Å².